The number of rotatable bonds is 7. The molecule has 3 aromatic carbocycles. The summed E-state index contributed by atoms with van der Waals surface area (Å²) in [6, 6.07) is 17.9. The summed E-state index contributed by atoms with van der Waals surface area (Å²) in [6.45, 7) is 2.32. The number of aromatic carboxylic acids is 1. The Morgan fingerprint density at radius 1 is 1.17 bits per heavy atom. The number of hydrogen-bond donors (Lipinski definition) is 1. The summed E-state index contributed by atoms with van der Waals surface area (Å²) in [7, 11) is 0. The number of aliphatic imine (C=N–C) groups is 1. The summed E-state index contributed by atoms with van der Waals surface area (Å²) in [4.78, 5) is 30.7. The molecule has 3 aromatic rings. The number of thioether (sulfide) groups is 1. The molecule has 0 radical (unpaired) electrons. The van der Waals surface area contributed by atoms with Crippen LogP contribution in [0.1, 0.15) is 28.4 Å². The summed E-state index contributed by atoms with van der Waals surface area (Å²) in [5, 5.41) is 9.57. The molecule has 0 saturated carbocycles. The van der Waals surface area contributed by atoms with E-state index in [1.54, 1.807) is 47.4 Å². The molecule has 1 N–H and O–H groups in total. The van der Waals surface area contributed by atoms with Crippen LogP contribution in [0.2, 0.25) is 0 Å². The van der Waals surface area contributed by atoms with E-state index in [1.165, 1.54) is 30.0 Å². The van der Waals surface area contributed by atoms with Crippen LogP contribution in [-0.4, -0.2) is 33.6 Å². The fourth-order valence-electron chi connectivity index (χ4n) is 3.33. The molecule has 6 nitrogen and oxygen atoms in total. The third-order valence-corrected chi connectivity index (χ3v) is 6.64. The average molecular weight is 555 g/mol. The quantitative estimate of drug-likeness (QED) is 0.337. The van der Waals surface area contributed by atoms with Gasteiger partial charge < -0.3 is 9.84 Å². The number of carboxylic acid groups (broad SMARTS) is 1. The van der Waals surface area contributed by atoms with Crippen molar-refractivity contribution in [3.63, 3.8) is 0 Å². The number of nitrogens with zero attached hydrogens (tertiary/aromatic N) is 2. The highest BCUT2D eigenvalue weighted by molar-refractivity contribution is 9.10. The number of carboxylic acids is 1. The first-order valence-electron chi connectivity index (χ1n) is 10.6. The number of benzene rings is 3. The summed E-state index contributed by atoms with van der Waals surface area (Å²) < 4.78 is 20.7. The van der Waals surface area contributed by atoms with Gasteiger partial charge in [-0.25, -0.2) is 14.2 Å². The molecule has 4 rings (SSSR count). The van der Waals surface area contributed by atoms with Crippen molar-refractivity contribution in [2.75, 3.05) is 6.54 Å². The Balaban J connectivity index is 1.61. The number of amides is 1. The molecule has 1 aliphatic rings. The first-order chi connectivity index (χ1) is 16.9. The zero-order valence-electron chi connectivity index (χ0n) is 18.6. The highest BCUT2D eigenvalue weighted by atomic mass is 79.9. The predicted octanol–water partition coefficient (Wildman–Crippen LogP) is 6.49. The van der Waals surface area contributed by atoms with Crippen LogP contribution in [0, 0.1) is 5.82 Å². The van der Waals surface area contributed by atoms with Gasteiger partial charge in [0.15, 0.2) is 5.17 Å². The van der Waals surface area contributed by atoms with Gasteiger partial charge in [-0.1, -0.05) is 34.1 Å². The van der Waals surface area contributed by atoms with Crippen molar-refractivity contribution in [1.29, 1.82) is 0 Å². The van der Waals surface area contributed by atoms with Gasteiger partial charge in [0.2, 0.25) is 0 Å². The largest absolute Gasteiger partial charge is 0.488 e. The SMILES string of the molecule is CCN1C(=O)/C(=C/c2cc(Br)ccc2OCc2ccccc2F)SC1=Nc1ccc(C(=O)O)cc1. The lowest BCUT2D eigenvalue weighted by Gasteiger charge is -2.12. The molecule has 1 amide bonds. The minimum absolute atomic E-state index is 0.0473. The molecule has 0 spiro atoms. The Morgan fingerprint density at radius 2 is 1.91 bits per heavy atom. The maximum Gasteiger partial charge on any atom is 0.335 e. The van der Waals surface area contributed by atoms with Crippen LogP contribution in [0.3, 0.4) is 0 Å². The van der Waals surface area contributed by atoms with Gasteiger partial charge >= 0.3 is 5.97 Å². The highest BCUT2D eigenvalue weighted by Crippen LogP contribution is 2.36. The maximum absolute atomic E-state index is 14.0. The number of carbonyl (C=O) groups is 2. The first kappa shape index (κ1) is 24.7. The van der Waals surface area contributed by atoms with E-state index in [-0.39, 0.29) is 23.9 Å². The Labute approximate surface area is 214 Å². The Hall–Kier alpha value is -3.43. The molecule has 178 valence electrons. The van der Waals surface area contributed by atoms with E-state index in [0.29, 0.717) is 39.2 Å². The van der Waals surface area contributed by atoms with Crippen molar-refractivity contribution in [3.05, 3.63) is 98.6 Å². The molecule has 0 aromatic heterocycles. The average Bonchev–Trinajstić information content (AvgIpc) is 3.13. The standard InChI is InChI=1S/C26H20BrFN2O4S/c1-2-30-24(31)23(35-26(30)29-20-10-7-16(8-11-20)25(32)33)14-18-13-19(27)9-12-22(18)34-15-17-5-3-4-6-21(17)28/h3-14H,2,15H2,1H3,(H,32,33)/b23-14-,29-26?. The van der Waals surface area contributed by atoms with E-state index < -0.39 is 5.97 Å². The Kier molecular flexibility index (Phi) is 7.67. The topological polar surface area (TPSA) is 79.2 Å². The smallest absolute Gasteiger partial charge is 0.335 e. The number of carbonyl (C=O) groups excluding carboxylic acids is 1. The molecular formula is C26H20BrFN2O4S. The molecule has 1 saturated heterocycles. The van der Waals surface area contributed by atoms with Crippen LogP contribution < -0.4 is 4.74 Å². The van der Waals surface area contributed by atoms with E-state index in [9.17, 15) is 14.0 Å². The van der Waals surface area contributed by atoms with E-state index in [2.05, 4.69) is 20.9 Å². The van der Waals surface area contributed by atoms with Crippen molar-refractivity contribution < 1.29 is 23.8 Å². The van der Waals surface area contributed by atoms with Crippen LogP contribution in [0.4, 0.5) is 10.1 Å². The number of amidine groups is 1. The lowest BCUT2D eigenvalue weighted by molar-refractivity contribution is -0.122. The normalized spacial score (nSPS) is 15.7. The number of hydrogen-bond acceptors (Lipinski definition) is 5. The summed E-state index contributed by atoms with van der Waals surface area (Å²) in [5.74, 6) is -1.05. The van der Waals surface area contributed by atoms with Crippen LogP contribution in [0.15, 0.2) is 81.1 Å². The minimum Gasteiger partial charge on any atom is -0.488 e. The molecular weight excluding hydrogens is 535 g/mol. The van der Waals surface area contributed by atoms with Crippen molar-refractivity contribution >= 4 is 56.5 Å². The van der Waals surface area contributed by atoms with Crippen LogP contribution in [0.25, 0.3) is 6.08 Å². The van der Waals surface area contributed by atoms with E-state index in [0.717, 1.165) is 4.47 Å². The fourth-order valence-corrected chi connectivity index (χ4v) is 4.77. The van der Waals surface area contributed by atoms with Crippen molar-refractivity contribution in [1.82, 2.24) is 4.90 Å². The molecule has 0 aliphatic carbocycles. The van der Waals surface area contributed by atoms with Crippen molar-refractivity contribution in [2.45, 2.75) is 13.5 Å². The zero-order valence-corrected chi connectivity index (χ0v) is 21.0. The Bertz CT molecular complexity index is 1340. The Morgan fingerprint density at radius 3 is 2.60 bits per heavy atom. The van der Waals surface area contributed by atoms with Crippen molar-refractivity contribution in [3.8, 4) is 5.75 Å². The second-order valence-corrected chi connectivity index (χ2v) is 9.39. The fraction of sp³-hybridized carbons (Fsp3) is 0.115. The van der Waals surface area contributed by atoms with Crippen molar-refractivity contribution in [2.24, 2.45) is 4.99 Å². The lowest BCUT2D eigenvalue weighted by Crippen LogP contribution is -2.28. The minimum atomic E-state index is -1.02. The van der Waals surface area contributed by atoms with Gasteiger partial charge in [0.1, 0.15) is 18.2 Å². The molecule has 0 unspecified atom stereocenters. The van der Waals surface area contributed by atoms with Gasteiger partial charge in [-0.15, -0.1) is 0 Å². The van der Waals surface area contributed by atoms with Gasteiger partial charge in [-0.05, 0) is 73.3 Å². The third-order valence-electron chi connectivity index (χ3n) is 5.14. The maximum atomic E-state index is 14.0. The van der Waals surface area contributed by atoms with Gasteiger partial charge in [0.25, 0.3) is 5.91 Å². The zero-order chi connectivity index (χ0) is 24.9. The van der Waals surface area contributed by atoms with E-state index >= 15 is 0 Å². The van der Waals surface area contributed by atoms with E-state index in [1.807, 2.05) is 19.1 Å². The molecule has 0 atom stereocenters. The second kappa shape index (κ2) is 10.9. The van der Waals surface area contributed by atoms with Gasteiger partial charge in [-0.3, -0.25) is 9.69 Å². The van der Waals surface area contributed by atoms with Gasteiger partial charge in [-0.2, -0.15) is 0 Å². The van der Waals surface area contributed by atoms with Gasteiger partial charge in [0, 0.05) is 22.1 Å². The lowest BCUT2D eigenvalue weighted by atomic mass is 10.1. The predicted molar refractivity (Wildman–Crippen MR) is 138 cm³/mol. The monoisotopic (exact) mass is 554 g/mol. The van der Waals surface area contributed by atoms with E-state index in [4.69, 9.17) is 9.84 Å². The molecule has 1 heterocycles. The van der Waals surface area contributed by atoms with Crippen LogP contribution >= 0.6 is 27.7 Å². The van der Waals surface area contributed by atoms with Gasteiger partial charge in [0.05, 0.1) is 16.2 Å². The third kappa shape index (κ3) is 5.80. The van der Waals surface area contributed by atoms with Crippen LogP contribution in [0.5, 0.6) is 5.75 Å². The van der Waals surface area contributed by atoms with Crippen LogP contribution in [-0.2, 0) is 11.4 Å². The highest BCUT2D eigenvalue weighted by Gasteiger charge is 2.32. The first-order valence-corrected chi connectivity index (χ1v) is 12.3. The molecule has 1 aliphatic heterocycles. The molecule has 9 heteroatoms. The number of likely N-dealkylation sites (N-methyl/N-ethyl adjacent to an activating group) is 1. The second-order valence-electron chi connectivity index (χ2n) is 7.47. The summed E-state index contributed by atoms with van der Waals surface area (Å²) >= 11 is 4.68. The summed E-state index contributed by atoms with van der Waals surface area (Å²) in [6.07, 6.45) is 1.73. The summed E-state index contributed by atoms with van der Waals surface area (Å²) in [5.41, 5.74) is 1.80. The molecule has 0 bridgehead atoms. The number of halogens is 2. The number of ether oxygens (including phenoxy) is 1. The molecule has 1 fully saturated rings. The molecule has 35 heavy (non-hydrogen) atoms.